The molecule has 106 valence electrons. The predicted octanol–water partition coefficient (Wildman–Crippen LogP) is 2.25. The largest absolute Gasteiger partial charge is 0.497 e. The quantitative estimate of drug-likeness (QED) is 0.876. The van der Waals surface area contributed by atoms with Crippen LogP contribution in [0, 0.1) is 5.41 Å². The molecule has 0 heterocycles. The first kappa shape index (κ1) is 15.5. The van der Waals surface area contributed by atoms with Gasteiger partial charge in [-0.1, -0.05) is 32.9 Å². The predicted molar refractivity (Wildman–Crippen MR) is 77.0 cm³/mol. The van der Waals surface area contributed by atoms with Gasteiger partial charge >= 0.3 is 0 Å². The van der Waals surface area contributed by atoms with Crippen molar-refractivity contribution in [3.8, 4) is 5.75 Å². The van der Waals surface area contributed by atoms with Gasteiger partial charge in [0.2, 0.25) is 5.91 Å². The van der Waals surface area contributed by atoms with Crippen LogP contribution in [0.1, 0.15) is 39.3 Å². The molecule has 0 radical (unpaired) electrons. The monoisotopic (exact) mass is 264 g/mol. The molecule has 0 bridgehead atoms. The van der Waals surface area contributed by atoms with Crippen molar-refractivity contribution < 1.29 is 9.53 Å². The van der Waals surface area contributed by atoms with Gasteiger partial charge in [-0.2, -0.15) is 0 Å². The van der Waals surface area contributed by atoms with E-state index in [0.717, 1.165) is 11.3 Å². The van der Waals surface area contributed by atoms with Gasteiger partial charge < -0.3 is 15.8 Å². The van der Waals surface area contributed by atoms with E-state index in [1.54, 1.807) is 7.11 Å². The Morgan fingerprint density at radius 3 is 2.21 bits per heavy atom. The summed E-state index contributed by atoms with van der Waals surface area (Å²) in [5.74, 6) is 0.671. The maximum atomic E-state index is 12.0. The Kier molecular flexibility index (Phi) is 4.95. The smallest absolute Gasteiger partial charge is 0.237 e. The van der Waals surface area contributed by atoms with Crippen LogP contribution in [0.3, 0.4) is 0 Å². The summed E-state index contributed by atoms with van der Waals surface area (Å²) in [6, 6.07) is 7.03. The van der Waals surface area contributed by atoms with Crippen LogP contribution in [0.2, 0.25) is 0 Å². The van der Waals surface area contributed by atoms with E-state index < -0.39 is 6.04 Å². The molecule has 0 fully saturated rings. The maximum absolute atomic E-state index is 12.0. The molecule has 4 nitrogen and oxygen atoms in total. The van der Waals surface area contributed by atoms with Crippen molar-refractivity contribution in [2.24, 2.45) is 11.1 Å². The number of nitrogens with one attached hydrogen (secondary N) is 1. The molecule has 0 unspecified atom stereocenters. The van der Waals surface area contributed by atoms with Crippen LogP contribution in [-0.4, -0.2) is 19.1 Å². The summed E-state index contributed by atoms with van der Waals surface area (Å²) in [6.45, 7) is 7.80. The van der Waals surface area contributed by atoms with E-state index in [1.807, 2.05) is 52.0 Å². The average Bonchev–Trinajstić information content (AvgIpc) is 2.36. The van der Waals surface area contributed by atoms with Crippen LogP contribution in [0.5, 0.6) is 5.75 Å². The lowest BCUT2D eigenvalue weighted by atomic mass is 9.86. The topological polar surface area (TPSA) is 64.3 Å². The normalized spacial score (nSPS) is 14.6. The van der Waals surface area contributed by atoms with E-state index in [9.17, 15) is 4.79 Å². The summed E-state index contributed by atoms with van der Waals surface area (Å²) in [4.78, 5) is 12.0. The molecule has 0 spiro atoms. The van der Waals surface area contributed by atoms with Crippen LogP contribution in [0.25, 0.3) is 0 Å². The van der Waals surface area contributed by atoms with Crippen molar-refractivity contribution in [2.75, 3.05) is 7.11 Å². The highest BCUT2D eigenvalue weighted by molar-refractivity contribution is 5.82. The molecule has 0 aliphatic carbocycles. The number of hydrogen-bond donors (Lipinski definition) is 2. The van der Waals surface area contributed by atoms with Gasteiger partial charge in [0.15, 0.2) is 0 Å². The van der Waals surface area contributed by atoms with Gasteiger partial charge in [0, 0.05) is 0 Å². The summed E-state index contributed by atoms with van der Waals surface area (Å²) in [7, 11) is 1.63. The number of ether oxygens (including phenoxy) is 1. The molecule has 4 heteroatoms. The minimum absolute atomic E-state index is 0.0770. The van der Waals surface area contributed by atoms with Gasteiger partial charge in [-0.15, -0.1) is 0 Å². The zero-order chi connectivity index (χ0) is 14.6. The van der Waals surface area contributed by atoms with Crippen molar-refractivity contribution >= 4 is 5.91 Å². The second-order valence-corrected chi connectivity index (χ2v) is 5.85. The number of carbonyl (C=O) groups excluding carboxylic acids is 1. The SMILES string of the molecule is COc1ccc([C@@H](C)NC(=O)[C@@H](N)C(C)(C)C)cc1. The first-order chi connectivity index (χ1) is 8.75. The van der Waals surface area contributed by atoms with E-state index in [2.05, 4.69) is 5.32 Å². The van der Waals surface area contributed by atoms with Gasteiger partial charge in [0.1, 0.15) is 5.75 Å². The molecule has 3 N–H and O–H groups in total. The van der Waals surface area contributed by atoms with E-state index in [-0.39, 0.29) is 17.4 Å². The highest BCUT2D eigenvalue weighted by Crippen LogP contribution is 2.20. The van der Waals surface area contributed by atoms with Crippen molar-refractivity contribution in [3.63, 3.8) is 0 Å². The van der Waals surface area contributed by atoms with Crippen LogP contribution in [0.15, 0.2) is 24.3 Å². The Hall–Kier alpha value is -1.55. The Morgan fingerprint density at radius 1 is 1.26 bits per heavy atom. The zero-order valence-electron chi connectivity index (χ0n) is 12.4. The third-order valence-corrected chi connectivity index (χ3v) is 3.19. The van der Waals surface area contributed by atoms with Gasteiger partial charge in [-0.05, 0) is 30.0 Å². The molecular formula is C15H24N2O2. The molecular weight excluding hydrogens is 240 g/mol. The first-order valence-electron chi connectivity index (χ1n) is 6.45. The fraction of sp³-hybridized carbons (Fsp3) is 0.533. The Bertz CT molecular complexity index is 421. The molecule has 1 aromatic rings. The summed E-state index contributed by atoms with van der Waals surface area (Å²) in [5, 5.41) is 2.94. The first-order valence-corrected chi connectivity index (χ1v) is 6.45. The minimum Gasteiger partial charge on any atom is -0.497 e. The van der Waals surface area contributed by atoms with E-state index in [4.69, 9.17) is 10.5 Å². The third kappa shape index (κ3) is 4.24. The fourth-order valence-electron chi connectivity index (χ4n) is 1.67. The minimum atomic E-state index is -0.520. The van der Waals surface area contributed by atoms with Crippen molar-refractivity contribution in [2.45, 2.75) is 39.8 Å². The summed E-state index contributed by atoms with van der Waals surface area (Å²) < 4.78 is 5.11. The van der Waals surface area contributed by atoms with Crippen molar-refractivity contribution in [3.05, 3.63) is 29.8 Å². The van der Waals surface area contributed by atoms with E-state index >= 15 is 0 Å². The molecule has 0 aliphatic heterocycles. The van der Waals surface area contributed by atoms with Crippen LogP contribution in [-0.2, 0) is 4.79 Å². The summed E-state index contributed by atoms with van der Waals surface area (Å²) >= 11 is 0. The van der Waals surface area contributed by atoms with Gasteiger partial charge in [0.05, 0.1) is 19.2 Å². The number of benzene rings is 1. The van der Waals surface area contributed by atoms with E-state index in [0.29, 0.717) is 0 Å². The highest BCUT2D eigenvalue weighted by Gasteiger charge is 2.28. The second-order valence-electron chi connectivity index (χ2n) is 5.85. The average molecular weight is 264 g/mol. The Morgan fingerprint density at radius 2 is 1.79 bits per heavy atom. The third-order valence-electron chi connectivity index (χ3n) is 3.19. The molecule has 0 saturated carbocycles. The lowest BCUT2D eigenvalue weighted by molar-refractivity contribution is -0.125. The number of rotatable bonds is 4. The standard InChI is InChI=1S/C15H24N2O2/c1-10(11-6-8-12(19-5)9-7-11)17-14(18)13(16)15(2,3)4/h6-10,13H,16H2,1-5H3,(H,17,18)/t10-,13-/m1/s1. The van der Waals surface area contributed by atoms with E-state index in [1.165, 1.54) is 0 Å². The molecule has 2 atom stereocenters. The van der Waals surface area contributed by atoms with Crippen LogP contribution >= 0.6 is 0 Å². The molecule has 1 rings (SSSR count). The molecule has 0 aliphatic rings. The second kappa shape index (κ2) is 6.06. The molecule has 19 heavy (non-hydrogen) atoms. The Labute approximate surface area is 115 Å². The lowest BCUT2D eigenvalue weighted by Crippen LogP contribution is -2.49. The summed E-state index contributed by atoms with van der Waals surface area (Å²) in [6.07, 6.45) is 0. The van der Waals surface area contributed by atoms with Crippen molar-refractivity contribution in [1.82, 2.24) is 5.32 Å². The van der Waals surface area contributed by atoms with Gasteiger partial charge in [0.25, 0.3) is 0 Å². The fourth-order valence-corrected chi connectivity index (χ4v) is 1.67. The number of carbonyl (C=O) groups is 1. The highest BCUT2D eigenvalue weighted by atomic mass is 16.5. The Balaban J connectivity index is 2.68. The number of nitrogens with two attached hydrogens (primary N) is 1. The van der Waals surface area contributed by atoms with Gasteiger partial charge in [-0.25, -0.2) is 0 Å². The van der Waals surface area contributed by atoms with Gasteiger partial charge in [-0.3, -0.25) is 4.79 Å². The zero-order valence-corrected chi connectivity index (χ0v) is 12.4. The number of amides is 1. The number of methoxy groups -OCH3 is 1. The maximum Gasteiger partial charge on any atom is 0.237 e. The van der Waals surface area contributed by atoms with Crippen LogP contribution in [0.4, 0.5) is 0 Å². The lowest BCUT2D eigenvalue weighted by Gasteiger charge is -2.27. The molecule has 0 aromatic heterocycles. The summed E-state index contributed by atoms with van der Waals surface area (Å²) in [5.41, 5.74) is 6.71. The number of hydrogen-bond acceptors (Lipinski definition) is 3. The molecule has 1 amide bonds. The van der Waals surface area contributed by atoms with Crippen LogP contribution < -0.4 is 15.8 Å². The van der Waals surface area contributed by atoms with Crippen molar-refractivity contribution in [1.29, 1.82) is 0 Å². The molecule has 0 saturated heterocycles. The molecule has 1 aromatic carbocycles.